The summed E-state index contributed by atoms with van der Waals surface area (Å²) in [4.78, 5) is 0. The van der Waals surface area contributed by atoms with E-state index in [-0.39, 0.29) is 0 Å². The van der Waals surface area contributed by atoms with Crippen molar-refractivity contribution in [3.63, 3.8) is 0 Å². The van der Waals surface area contributed by atoms with Gasteiger partial charge < -0.3 is 11.5 Å². The zero-order valence-electron chi connectivity index (χ0n) is 8.62. The number of anilines is 1. The quantitative estimate of drug-likeness (QED) is 0.553. The van der Waals surface area contributed by atoms with E-state index in [4.69, 9.17) is 11.5 Å². The molecule has 1 aromatic rings. The van der Waals surface area contributed by atoms with Gasteiger partial charge in [-0.2, -0.15) is 0 Å². The number of rotatable bonds is 2. The van der Waals surface area contributed by atoms with Crippen molar-refractivity contribution < 1.29 is 0 Å². The van der Waals surface area contributed by atoms with Crippen molar-refractivity contribution in [2.75, 3.05) is 5.73 Å². The van der Waals surface area contributed by atoms with E-state index >= 15 is 0 Å². The molecule has 0 spiro atoms. The minimum absolute atomic E-state index is 0.872. The number of nitrogens with two attached hydrogens (primary N) is 2. The van der Waals surface area contributed by atoms with Gasteiger partial charge in [0.05, 0.1) is 0 Å². The van der Waals surface area contributed by atoms with Crippen molar-refractivity contribution in [1.29, 1.82) is 0 Å². The lowest BCUT2D eigenvalue weighted by molar-refractivity contribution is 1.38. The van der Waals surface area contributed by atoms with Crippen LogP contribution in [-0.4, -0.2) is 0 Å². The molecule has 0 radical (unpaired) electrons. The monoisotopic (exact) mass is 188 g/mol. The SMILES string of the molecule is Cc1cc(C=CC=CN)cc(C)c1N. The van der Waals surface area contributed by atoms with Crippen molar-refractivity contribution in [3.05, 3.63) is 47.2 Å². The molecule has 0 atom stereocenters. The Morgan fingerprint density at radius 1 is 1.07 bits per heavy atom. The lowest BCUT2D eigenvalue weighted by atomic mass is 10.0. The summed E-state index contributed by atoms with van der Waals surface area (Å²) in [5.41, 5.74) is 15.3. The Hall–Kier alpha value is -1.70. The van der Waals surface area contributed by atoms with Crippen LogP contribution in [0, 0.1) is 13.8 Å². The maximum absolute atomic E-state index is 5.85. The molecule has 0 aliphatic heterocycles. The normalized spacial score (nSPS) is 11.6. The Labute approximate surface area is 84.9 Å². The molecule has 0 aliphatic rings. The van der Waals surface area contributed by atoms with Gasteiger partial charge in [0.25, 0.3) is 0 Å². The first-order chi connectivity index (χ1) is 6.65. The molecule has 0 aromatic heterocycles. The van der Waals surface area contributed by atoms with Gasteiger partial charge in [0, 0.05) is 5.69 Å². The van der Waals surface area contributed by atoms with Crippen LogP contribution in [0.5, 0.6) is 0 Å². The van der Waals surface area contributed by atoms with Crippen molar-refractivity contribution in [1.82, 2.24) is 0 Å². The minimum atomic E-state index is 0.872. The molecule has 0 saturated carbocycles. The van der Waals surface area contributed by atoms with Gasteiger partial charge in [-0.15, -0.1) is 0 Å². The van der Waals surface area contributed by atoms with E-state index in [2.05, 4.69) is 12.1 Å². The van der Waals surface area contributed by atoms with E-state index < -0.39 is 0 Å². The van der Waals surface area contributed by atoms with Crippen LogP contribution in [-0.2, 0) is 0 Å². The standard InChI is InChI=1S/C12H16N2/c1-9-7-11(5-3-4-6-13)8-10(2)12(9)14/h3-8H,13-14H2,1-2H3. The summed E-state index contributed by atoms with van der Waals surface area (Å²) >= 11 is 0. The summed E-state index contributed by atoms with van der Waals surface area (Å²) in [6.07, 6.45) is 7.21. The molecule has 0 amide bonds. The van der Waals surface area contributed by atoms with Crippen molar-refractivity contribution >= 4 is 11.8 Å². The second-order valence-corrected chi connectivity index (χ2v) is 3.31. The Bertz CT molecular complexity index is 353. The van der Waals surface area contributed by atoms with E-state index in [1.165, 1.54) is 6.20 Å². The third-order valence-corrected chi connectivity index (χ3v) is 2.13. The number of aryl methyl sites for hydroxylation is 2. The zero-order valence-corrected chi connectivity index (χ0v) is 8.62. The Balaban J connectivity index is 3.01. The summed E-state index contributed by atoms with van der Waals surface area (Å²) in [5.74, 6) is 0. The first-order valence-electron chi connectivity index (χ1n) is 4.57. The van der Waals surface area contributed by atoms with Gasteiger partial charge in [0.15, 0.2) is 0 Å². The molecular formula is C12H16N2. The summed E-state index contributed by atoms with van der Waals surface area (Å²) in [5, 5.41) is 0. The molecule has 14 heavy (non-hydrogen) atoms. The Morgan fingerprint density at radius 3 is 2.14 bits per heavy atom. The van der Waals surface area contributed by atoms with Gasteiger partial charge in [-0.25, -0.2) is 0 Å². The highest BCUT2D eigenvalue weighted by Gasteiger charge is 1.98. The topological polar surface area (TPSA) is 52.0 Å². The van der Waals surface area contributed by atoms with Crippen LogP contribution in [0.3, 0.4) is 0 Å². The van der Waals surface area contributed by atoms with Gasteiger partial charge >= 0.3 is 0 Å². The molecule has 4 N–H and O–H groups in total. The molecule has 74 valence electrons. The lowest BCUT2D eigenvalue weighted by Crippen LogP contribution is -1.93. The Kier molecular flexibility index (Phi) is 3.35. The van der Waals surface area contributed by atoms with Crippen molar-refractivity contribution in [3.8, 4) is 0 Å². The zero-order chi connectivity index (χ0) is 10.6. The highest BCUT2D eigenvalue weighted by atomic mass is 14.6. The lowest BCUT2D eigenvalue weighted by Gasteiger charge is -2.05. The van der Waals surface area contributed by atoms with Crippen LogP contribution in [0.15, 0.2) is 30.5 Å². The van der Waals surface area contributed by atoms with Crippen LogP contribution in [0.4, 0.5) is 5.69 Å². The van der Waals surface area contributed by atoms with Crippen molar-refractivity contribution in [2.24, 2.45) is 5.73 Å². The van der Waals surface area contributed by atoms with Crippen molar-refractivity contribution in [2.45, 2.75) is 13.8 Å². The molecule has 0 fully saturated rings. The molecular weight excluding hydrogens is 172 g/mol. The highest BCUT2D eigenvalue weighted by Crippen LogP contribution is 2.19. The largest absolute Gasteiger partial charge is 0.405 e. The highest BCUT2D eigenvalue weighted by molar-refractivity contribution is 5.62. The molecule has 0 saturated heterocycles. The maximum Gasteiger partial charge on any atom is 0.0373 e. The first kappa shape index (κ1) is 10.4. The number of nitrogen functional groups attached to an aromatic ring is 1. The molecule has 0 unspecified atom stereocenters. The predicted octanol–water partition coefficient (Wildman–Crippen LogP) is 2.37. The van der Waals surface area contributed by atoms with Gasteiger partial charge in [-0.05, 0) is 54.9 Å². The number of hydrogen-bond donors (Lipinski definition) is 2. The van der Waals surface area contributed by atoms with E-state index in [1.807, 2.05) is 26.0 Å². The van der Waals surface area contributed by atoms with Gasteiger partial charge in [0.2, 0.25) is 0 Å². The summed E-state index contributed by atoms with van der Waals surface area (Å²) in [6.45, 7) is 4.02. The molecule has 0 heterocycles. The fraction of sp³-hybridized carbons (Fsp3) is 0.167. The van der Waals surface area contributed by atoms with Gasteiger partial charge in [0.1, 0.15) is 0 Å². The molecule has 2 heteroatoms. The van der Waals surface area contributed by atoms with Gasteiger partial charge in [-0.3, -0.25) is 0 Å². The fourth-order valence-corrected chi connectivity index (χ4v) is 1.34. The minimum Gasteiger partial charge on any atom is -0.405 e. The predicted molar refractivity (Wildman–Crippen MR) is 62.7 cm³/mol. The second-order valence-electron chi connectivity index (χ2n) is 3.31. The van der Waals surface area contributed by atoms with Gasteiger partial charge in [-0.1, -0.05) is 12.2 Å². The van der Waals surface area contributed by atoms with Crippen LogP contribution >= 0.6 is 0 Å². The molecule has 2 nitrogen and oxygen atoms in total. The number of hydrogen-bond acceptors (Lipinski definition) is 2. The smallest absolute Gasteiger partial charge is 0.0373 e. The summed E-state index contributed by atoms with van der Waals surface area (Å²) in [6, 6.07) is 4.12. The second kappa shape index (κ2) is 4.51. The third kappa shape index (κ3) is 2.39. The van der Waals surface area contributed by atoms with E-state index in [9.17, 15) is 0 Å². The molecule has 1 aromatic carbocycles. The number of allylic oxidation sites excluding steroid dienone is 2. The summed E-state index contributed by atoms with van der Waals surface area (Å²) in [7, 11) is 0. The molecule has 0 aliphatic carbocycles. The molecule has 0 bridgehead atoms. The van der Waals surface area contributed by atoms with E-state index in [1.54, 1.807) is 6.08 Å². The fourth-order valence-electron chi connectivity index (χ4n) is 1.34. The maximum atomic E-state index is 5.85. The average molecular weight is 188 g/mol. The average Bonchev–Trinajstić information content (AvgIpc) is 2.14. The first-order valence-corrected chi connectivity index (χ1v) is 4.57. The van der Waals surface area contributed by atoms with Crippen LogP contribution in [0.1, 0.15) is 16.7 Å². The van der Waals surface area contributed by atoms with E-state index in [0.29, 0.717) is 0 Å². The van der Waals surface area contributed by atoms with E-state index in [0.717, 1.165) is 22.4 Å². The Morgan fingerprint density at radius 2 is 1.64 bits per heavy atom. The summed E-state index contributed by atoms with van der Waals surface area (Å²) < 4.78 is 0. The molecule has 1 rings (SSSR count). The van der Waals surface area contributed by atoms with Crippen LogP contribution in [0.2, 0.25) is 0 Å². The van der Waals surface area contributed by atoms with Crippen LogP contribution in [0.25, 0.3) is 6.08 Å². The number of benzene rings is 1. The third-order valence-electron chi connectivity index (χ3n) is 2.13. The van der Waals surface area contributed by atoms with Crippen LogP contribution < -0.4 is 11.5 Å².